The van der Waals surface area contributed by atoms with Gasteiger partial charge in [0.1, 0.15) is 10.3 Å². The van der Waals surface area contributed by atoms with Crippen LogP contribution in [0.1, 0.15) is 0 Å². The summed E-state index contributed by atoms with van der Waals surface area (Å²) < 4.78 is 12.1. The van der Waals surface area contributed by atoms with E-state index in [1.165, 1.54) is 0 Å². The van der Waals surface area contributed by atoms with Crippen molar-refractivity contribution in [3.63, 3.8) is 0 Å². The van der Waals surface area contributed by atoms with Gasteiger partial charge in [-0.25, -0.2) is 9.19 Å². The number of nitrogens with zero attached hydrogens (tertiary/aromatic N) is 1. The molecule has 0 bridgehead atoms. The fraction of sp³-hybridized carbons (Fsp3) is 0. The van der Waals surface area contributed by atoms with Crippen LogP contribution in [0.5, 0.6) is 0 Å². The van der Waals surface area contributed by atoms with Gasteiger partial charge in [0.25, 0.3) is 0 Å². The van der Waals surface area contributed by atoms with Crippen LogP contribution in [0.25, 0.3) is 0 Å². The summed E-state index contributed by atoms with van der Waals surface area (Å²) in [6.07, 6.45) is 0. The van der Waals surface area contributed by atoms with E-state index in [1.54, 1.807) is 24.3 Å². The molecule has 0 aliphatic rings. The van der Waals surface area contributed by atoms with E-state index in [0.29, 0.717) is 9.79 Å². The fourth-order valence-electron chi connectivity index (χ4n) is 1.23. The number of hydrogen-bond donors (Lipinski definition) is 0. The highest BCUT2D eigenvalue weighted by atomic mass is 35.5. The van der Waals surface area contributed by atoms with E-state index < -0.39 is 10.8 Å². The molecule has 1 aromatic heterocycles. The van der Waals surface area contributed by atoms with E-state index in [1.807, 2.05) is 18.2 Å². The van der Waals surface area contributed by atoms with Gasteiger partial charge in [0.15, 0.2) is 0 Å². The van der Waals surface area contributed by atoms with E-state index in [9.17, 15) is 4.21 Å². The van der Waals surface area contributed by atoms with Crippen molar-refractivity contribution in [1.29, 1.82) is 0 Å². The Morgan fingerprint density at radius 3 is 2.06 bits per heavy atom. The van der Waals surface area contributed by atoms with Crippen molar-refractivity contribution in [2.75, 3.05) is 0 Å². The van der Waals surface area contributed by atoms with Gasteiger partial charge in [-0.1, -0.05) is 41.4 Å². The van der Waals surface area contributed by atoms with E-state index in [2.05, 4.69) is 4.98 Å². The molecule has 0 fully saturated rings. The lowest BCUT2D eigenvalue weighted by Crippen LogP contribution is -1.93. The maximum atomic E-state index is 12.1. The molecule has 2 aromatic rings. The SMILES string of the molecule is O=[S@@](c1ccccc1)c1cc(Cl)nc(Cl)c1. The molecule has 0 saturated carbocycles. The minimum atomic E-state index is -1.28. The second kappa shape index (κ2) is 4.95. The zero-order valence-electron chi connectivity index (χ0n) is 8.06. The number of benzene rings is 1. The van der Waals surface area contributed by atoms with Gasteiger partial charge in [-0.2, -0.15) is 0 Å². The maximum absolute atomic E-state index is 12.1. The summed E-state index contributed by atoms with van der Waals surface area (Å²) in [7, 11) is -1.28. The van der Waals surface area contributed by atoms with E-state index in [4.69, 9.17) is 23.2 Å². The van der Waals surface area contributed by atoms with Crippen LogP contribution >= 0.6 is 23.2 Å². The molecule has 0 saturated heterocycles. The van der Waals surface area contributed by atoms with Crippen LogP contribution < -0.4 is 0 Å². The Morgan fingerprint density at radius 1 is 0.938 bits per heavy atom. The van der Waals surface area contributed by atoms with Crippen molar-refractivity contribution in [3.05, 3.63) is 52.8 Å². The molecule has 16 heavy (non-hydrogen) atoms. The molecule has 2 nitrogen and oxygen atoms in total. The third-order valence-electron chi connectivity index (χ3n) is 1.91. The first-order valence-electron chi connectivity index (χ1n) is 4.47. The second-order valence-corrected chi connectivity index (χ2v) is 5.28. The Morgan fingerprint density at radius 2 is 1.50 bits per heavy atom. The Bertz CT molecular complexity index is 511. The molecule has 2 rings (SSSR count). The Kier molecular flexibility index (Phi) is 3.59. The molecule has 1 aromatic carbocycles. The van der Waals surface area contributed by atoms with Crippen LogP contribution in [-0.2, 0) is 10.8 Å². The number of halogens is 2. The van der Waals surface area contributed by atoms with E-state index >= 15 is 0 Å². The smallest absolute Gasteiger partial charge is 0.132 e. The van der Waals surface area contributed by atoms with Gasteiger partial charge >= 0.3 is 0 Å². The number of rotatable bonds is 2. The van der Waals surface area contributed by atoms with Crippen molar-refractivity contribution in [1.82, 2.24) is 4.98 Å². The second-order valence-electron chi connectivity index (χ2n) is 3.03. The molecule has 0 N–H and O–H groups in total. The molecule has 1 heterocycles. The lowest BCUT2D eigenvalue weighted by Gasteiger charge is -2.02. The molecule has 0 aliphatic carbocycles. The van der Waals surface area contributed by atoms with Crippen LogP contribution in [0.2, 0.25) is 10.3 Å². The van der Waals surface area contributed by atoms with Crippen molar-refractivity contribution in [2.45, 2.75) is 9.79 Å². The minimum absolute atomic E-state index is 0.242. The van der Waals surface area contributed by atoms with Gasteiger partial charge in [-0.05, 0) is 24.3 Å². The number of hydrogen-bond acceptors (Lipinski definition) is 2. The first kappa shape index (κ1) is 11.6. The highest BCUT2D eigenvalue weighted by Gasteiger charge is 2.09. The third-order valence-corrected chi connectivity index (χ3v) is 3.66. The zero-order chi connectivity index (χ0) is 11.5. The monoisotopic (exact) mass is 271 g/mol. The largest absolute Gasteiger partial charge is 0.249 e. The molecular formula is C11H7Cl2NOS. The molecule has 0 unspecified atom stereocenters. The Hall–Kier alpha value is -0.900. The molecule has 0 amide bonds. The highest BCUT2D eigenvalue weighted by molar-refractivity contribution is 7.85. The van der Waals surface area contributed by atoms with Crippen LogP contribution in [0.4, 0.5) is 0 Å². The van der Waals surface area contributed by atoms with Crippen molar-refractivity contribution in [3.8, 4) is 0 Å². The van der Waals surface area contributed by atoms with Gasteiger partial charge < -0.3 is 0 Å². The van der Waals surface area contributed by atoms with E-state index in [-0.39, 0.29) is 10.3 Å². The van der Waals surface area contributed by atoms with Gasteiger partial charge in [-0.3, -0.25) is 0 Å². The average Bonchev–Trinajstić information content (AvgIpc) is 2.28. The summed E-state index contributed by atoms with van der Waals surface area (Å²) in [6.45, 7) is 0. The normalized spacial score (nSPS) is 12.4. The molecule has 82 valence electrons. The lowest BCUT2D eigenvalue weighted by molar-refractivity contribution is 0.683. The molecule has 0 aliphatic heterocycles. The molecule has 1 atom stereocenters. The van der Waals surface area contributed by atoms with Gasteiger partial charge in [-0.15, -0.1) is 0 Å². The third kappa shape index (κ3) is 2.61. The predicted octanol–water partition coefficient (Wildman–Crippen LogP) is 3.56. The Labute approximate surface area is 106 Å². The topological polar surface area (TPSA) is 30.0 Å². The van der Waals surface area contributed by atoms with Crippen LogP contribution in [-0.4, -0.2) is 9.19 Å². The summed E-state index contributed by atoms with van der Waals surface area (Å²) >= 11 is 11.5. The van der Waals surface area contributed by atoms with Gasteiger partial charge in [0.2, 0.25) is 0 Å². The van der Waals surface area contributed by atoms with Gasteiger partial charge in [0.05, 0.1) is 10.8 Å². The van der Waals surface area contributed by atoms with Crippen LogP contribution in [0, 0.1) is 0 Å². The van der Waals surface area contributed by atoms with Crippen molar-refractivity contribution >= 4 is 34.0 Å². The molecule has 0 radical (unpaired) electrons. The Balaban J connectivity index is 2.42. The minimum Gasteiger partial charge on any atom is -0.249 e. The summed E-state index contributed by atoms with van der Waals surface area (Å²) in [4.78, 5) is 5.07. The first-order chi connectivity index (χ1) is 7.66. The molecule has 5 heteroatoms. The van der Waals surface area contributed by atoms with Crippen molar-refractivity contribution < 1.29 is 4.21 Å². The molecular weight excluding hydrogens is 265 g/mol. The van der Waals surface area contributed by atoms with E-state index in [0.717, 1.165) is 0 Å². The van der Waals surface area contributed by atoms with Crippen LogP contribution in [0.3, 0.4) is 0 Å². The number of pyridine rings is 1. The summed E-state index contributed by atoms with van der Waals surface area (Å²) in [5.41, 5.74) is 0. The standard InChI is InChI=1S/C11H7Cl2NOS/c12-10-6-9(7-11(13)14-10)16(15)8-4-2-1-3-5-8/h1-7H/t16-/m0/s1. The predicted molar refractivity (Wildman–Crippen MR) is 65.4 cm³/mol. The highest BCUT2D eigenvalue weighted by Crippen LogP contribution is 2.21. The summed E-state index contributed by atoms with van der Waals surface area (Å²) in [5, 5.41) is 0.485. The summed E-state index contributed by atoms with van der Waals surface area (Å²) in [5.74, 6) is 0. The zero-order valence-corrected chi connectivity index (χ0v) is 10.4. The number of aromatic nitrogens is 1. The average molecular weight is 272 g/mol. The summed E-state index contributed by atoms with van der Waals surface area (Å²) in [6, 6.07) is 12.2. The maximum Gasteiger partial charge on any atom is 0.132 e. The fourth-order valence-corrected chi connectivity index (χ4v) is 2.93. The van der Waals surface area contributed by atoms with Crippen LogP contribution in [0.15, 0.2) is 52.3 Å². The molecule has 0 spiro atoms. The first-order valence-corrected chi connectivity index (χ1v) is 6.37. The quantitative estimate of drug-likeness (QED) is 0.782. The van der Waals surface area contributed by atoms with Gasteiger partial charge in [0, 0.05) is 9.79 Å². The lowest BCUT2D eigenvalue weighted by atomic mass is 10.4. The van der Waals surface area contributed by atoms with Crippen molar-refractivity contribution in [2.24, 2.45) is 0 Å².